The van der Waals surface area contributed by atoms with Gasteiger partial charge in [0.2, 0.25) is 5.91 Å². The average Bonchev–Trinajstić information content (AvgIpc) is 3.02. The van der Waals surface area contributed by atoms with Crippen LogP contribution in [0.15, 0.2) is 22.7 Å². The highest BCUT2D eigenvalue weighted by atomic mass is 79.9. The molecule has 1 amide bonds. The summed E-state index contributed by atoms with van der Waals surface area (Å²) in [6.07, 6.45) is 3.89. The predicted octanol–water partition coefficient (Wildman–Crippen LogP) is 2.89. The molecule has 0 atom stereocenters. The zero-order valence-electron chi connectivity index (χ0n) is 8.37. The third-order valence-corrected chi connectivity index (χ3v) is 3.58. The monoisotopic (exact) mass is 265 g/mol. The van der Waals surface area contributed by atoms with E-state index in [1.54, 1.807) is 0 Å². The molecule has 1 aliphatic carbocycles. The third-order valence-electron chi connectivity index (χ3n) is 3.09. The minimum absolute atomic E-state index is 0.298. The molecule has 1 fully saturated rings. The molecule has 1 saturated carbocycles. The molecule has 0 spiro atoms. The van der Waals surface area contributed by atoms with E-state index in [0.29, 0.717) is 18.4 Å². The fourth-order valence-corrected chi connectivity index (χ4v) is 2.63. The molecule has 2 aliphatic rings. The van der Waals surface area contributed by atoms with Gasteiger partial charge >= 0.3 is 0 Å². The van der Waals surface area contributed by atoms with E-state index in [1.807, 2.05) is 11.0 Å². The molecule has 0 aromatic heterocycles. The maximum Gasteiger partial charge on any atom is 0.227 e. The number of anilines is 1. The molecule has 3 heteroatoms. The fourth-order valence-electron chi connectivity index (χ4n) is 2.22. The summed E-state index contributed by atoms with van der Waals surface area (Å²) in [4.78, 5) is 13.8. The Balaban J connectivity index is 2.07. The number of rotatable bonds is 1. The summed E-state index contributed by atoms with van der Waals surface area (Å²) in [5, 5.41) is 0. The van der Waals surface area contributed by atoms with Crippen molar-refractivity contribution in [2.45, 2.75) is 31.7 Å². The first-order chi connectivity index (χ1) is 7.25. The normalized spacial score (nSPS) is 20.3. The van der Waals surface area contributed by atoms with Gasteiger partial charge in [0.25, 0.3) is 0 Å². The minimum Gasteiger partial charge on any atom is -0.309 e. The average molecular weight is 266 g/mol. The molecule has 3 rings (SSSR count). The molecule has 15 heavy (non-hydrogen) atoms. The molecular weight excluding hydrogens is 254 g/mol. The summed E-state index contributed by atoms with van der Waals surface area (Å²) < 4.78 is 1.10. The molecule has 0 saturated heterocycles. The minimum atomic E-state index is 0.298. The van der Waals surface area contributed by atoms with Crippen LogP contribution >= 0.6 is 15.9 Å². The van der Waals surface area contributed by atoms with Gasteiger partial charge in [-0.25, -0.2) is 0 Å². The molecule has 2 nitrogen and oxygen atoms in total. The standard InChI is InChI=1S/C12H12BrNO/c13-9-2-5-11-8(7-9)1-6-12(15)14(11)10-3-4-10/h2,5,7,10H,1,3-4,6H2. The van der Waals surface area contributed by atoms with E-state index in [4.69, 9.17) is 0 Å². The van der Waals surface area contributed by atoms with Crippen molar-refractivity contribution in [1.29, 1.82) is 0 Å². The molecule has 78 valence electrons. The van der Waals surface area contributed by atoms with Crippen molar-refractivity contribution in [3.63, 3.8) is 0 Å². The van der Waals surface area contributed by atoms with Crippen molar-refractivity contribution in [3.05, 3.63) is 28.2 Å². The van der Waals surface area contributed by atoms with Crippen molar-refractivity contribution in [3.8, 4) is 0 Å². The van der Waals surface area contributed by atoms with Crippen LogP contribution in [-0.2, 0) is 11.2 Å². The number of benzene rings is 1. The Labute approximate surface area is 97.4 Å². The number of hydrogen-bond donors (Lipinski definition) is 0. The van der Waals surface area contributed by atoms with Crippen LogP contribution in [0, 0.1) is 0 Å². The lowest BCUT2D eigenvalue weighted by Crippen LogP contribution is -2.36. The van der Waals surface area contributed by atoms with Crippen LogP contribution < -0.4 is 4.90 Å². The molecule has 0 radical (unpaired) electrons. The summed E-state index contributed by atoms with van der Waals surface area (Å²) in [5.41, 5.74) is 2.44. The van der Waals surface area contributed by atoms with E-state index < -0.39 is 0 Å². The summed E-state index contributed by atoms with van der Waals surface area (Å²) in [6.45, 7) is 0. The highest BCUT2D eigenvalue weighted by molar-refractivity contribution is 9.10. The Hall–Kier alpha value is -0.830. The molecule has 0 bridgehead atoms. The smallest absolute Gasteiger partial charge is 0.227 e. The van der Waals surface area contributed by atoms with E-state index in [9.17, 15) is 4.79 Å². The molecule has 0 N–H and O–H groups in total. The second kappa shape index (κ2) is 3.34. The van der Waals surface area contributed by atoms with Crippen molar-refractivity contribution < 1.29 is 4.79 Å². The quantitative estimate of drug-likeness (QED) is 0.765. The second-order valence-electron chi connectivity index (χ2n) is 4.27. The molecule has 1 aromatic carbocycles. The number of amides is 1. The van der Waals surface area contributed by atoms with Crippen molar-refractivity contribution in [2.24, 2.45) is 0 Å². The van der Waals surface area contributed by atoms with Crippen LogP contribution in [-0.4, -0.2) is 11.9 Å². The second-order valence-corrected chi connectivity index (χ2v) is 5.18. The van der Waals surface area contributed by atoms with Crippen LogP contribution in [0.2, 0.25) is 0 Å². The maximum absolute atomic E-state index is 11.8. The SMILES string of the molecule is O=C1CCc2cc(Br)ccc2N1C1CC1. The molecule has 1 aliphatic heterocycles. The first kappa shape index (κ1) is 9.40. The van der Waals surface area contributed by atoms with Crippen molar-refractivity contribution in [2.75, 3.05) is 4.90 Å². The molecular formula is C12H12BrNO. The highest BCUT2D eigenvalue weighted by Crippen LogP contribution is 2.38. The van der Waals surface area contributed by atoms with Crippen molar-refractivity contribution >= 4 is 27.5 Å². The Morgan fingerprint density at radius 1 is 1.27 bits per heavy atom. The topological polar surface area (TPSA) is 20.3 Å². The molecule has 1 aromatic rings. The van der Waals surface area contributed by atoms with Crippen LogP contribution in [0.4, 0.5) is 5.69 Å². The van der Waals surface area contributed by atoms with Gasteiger partial charge in [-0.3, -0.25) is 4.79 Å². The summed E-state index contributed by atoms with van der Waals surface area (Å²) in [7, 11) is 0. The van der Waals surface area contributed by atoms with Crippen molar-refractivity contribution in [1.82, 2.24) is 0 Å². The molecule has 0 unspecified atom stereocenters. The van der Waals surface area contributed by atoms with Crippen LogP contribution in [0.3, 0.4) is 0 Å². The van der Waals surface area contributed by atoms with Gasteiger partial charge in [-0.05, 0) is 43.0 Å². The van der Waals surface area contributed by atoms with E-state index >= 15 is 0 Å². The summed E-state index contributed by atoms with van der Waals surface area (Å²) in [5.74, 6) is 0.298. The Morgan fingerprint density at radius 2 is 2.07 bits per heavy atom. The zero-order chi connectivity index (χ0) is 10.4. The van der Waals surface area contributed by atoms with Gasteiger partial charge in [-0.2, -0.15) is 0 Å². The largest absolute Gasteiger partial charge is 0.309 e. The predicted molar refractivity (Wildman–Crippen MR) is 63.0 cm³/mol. The number of carbonyl (C=O) groups is 1. The maximum atomic E-state index is 11.8. The number of fused-ring (bicyclic) bond motifs is 1. The van der Waals surface area contributed by atoms with Gasteiger partial charge in [0, 0.05) is 22.6 Å². The first-order valence-corrected chi connectivity index (χ1v) is 6.15. The van der Waals surface area contributed by atoms with Crippen LogP contribution in [0.1, 0.15) is 24.8 Å². The van der Waals surface area contributed by atoms with Gasteiger partial charge in [0.05, 0.1) is 0 Å². The Bertz CT molecular complexity index is 426. The van der Waals surface area contributed by atoms with E-state index in [0.717, 1.165) is 16.6 Å². The number of aryl methyl sites for hydroxylation is 1. The number of halogens is 1. The summed E-state index contributed by atoms with van der Waals surface area (Å²) in [6, 6.07) is 6.71. The van der Waals surface area contributed by atoms with Gasteiger partial charge < -0.3 is 4.90 Å². The third kappa shape index (κ3) is 1.59. The van der Waals surface area contributed by atoms with Gasteiger partial charge in [0.1, 0.15) is 0 Å². The number of nitrogens with zero attached hydrogens (tertiary/aromatic N) is 1. The Morgan fingerprint density at radius 3 is 2.80 bits per heavy atom. The lowest BCUT2D eigenvalue weighted by Gasteiger charge is -2.29. The van der Waals surface area contributed by atoms with E-state index in [-0.39, 0.29) is 0 Å². The van der Waals surface area contributed by atoms with E-state index in [1.165, 1.54) is 18.4 Å². The highest BCUT2D eigenvalue weighted by Gasteiger charge is 2.36. The van der Waals surface area contributed by atoms with Gasteiger partial charge in [0.15, 0.2) is 0 Å². The first-order valence-electron chi connectivity index (χ1n) is 5.36. The number of carbonyl (C=O) groups excluding carboxylic acids is 1. The lowest BCUT2D eigenvalue weighted by atomic mass is 10.0. The van der Waals surface area contributed by atoms with Gasteiger partial charge in [-0.15, -0.1) is 0 Å². The van der Waals surface area contributed by atoms with Gasteiger partial charge in [-0.1, -0.05) is 15.9 Å². The van der Waals surface area contributed by atoms with Crippen LogP contribution in [0.5, 0.6) is 0 Å². The summed E-state index contributed by atoms with van der Waals surface area (Å²) >= 11 is 3.47. The van der Waals surface area contributed by atoms with Crippen LogP contribution in [0.25, 0.3) is 0 Å². The fraction of sp³-hybridized carbons (Fsp3) is 0.417. The van der Waals surface area contributed by atoms with E-state index in [2.05, 4.69) is 28.1 Å². The molecule has 1 heterocycles. The zero-order valence-corrected chi connectivity index (χ0v) is 9.96. The number of hydrogen-bond acceptors (Lipinski definition) is 1. The Kier molecular flexibility index (Phi) is 2.09. The lowest BCUT2D eigenvalue weighted by molar-refractivity contribution is -0.119.